The molecule has 0 aliphatic heterocycles. The van der Waals surface area contributed by atoms with Crippen LogP contribution in [-0.2, 0) is 27.5 Å². The lowest BCUT2D eigenvalue weighted by Crippen LogP contribution is -2.48. The summed E-state index contributed by atoms with van der Waals surface area (Å²) in [6.07, 6.45) is 7.06. The molecule has 2 aromatic rings. The number of aliphatic carboxylic acids is 1. The molecule has 8 N–H and O–H groups in total. The van der Waals surface area contributed by atoms with E-state index in [9.17, 15) is 24.6 Å². The molecule has 12 nitrogen and oxygen atoms in total. The van der Waals surface area contributed by atoms with Crippen molar-refractivity contribution in [1.29, 1.82) is 0 Å². The standard InChI is InChI=1S/C29H38Cl2N2O4.C7H17NO5/c1-2-3-4-5-6-7-8-9-10-11-12-27(34)32-26-15-13-22(14-16-26)20-33(28(35)29(36)37)21-23-17-24(30)19-25(31)18-23;1-8-2-4(10)6(12)7(13)5(11)3-9/h13-19H,2-12,20-21H2,1H3,(H,32,34)(H,36,37);4-13H,2-3H2,1H3/t;4-,5+,6+,7+/m.0/s1. The van der Waals surface area contributed by atoms with Gasteiger partial charge in [-0.3, -0.25) is 9.59 Å². The number of unbranched alkanes of at least 4 members (excludes halogenated alkanes) is 9. The first kappa shape index (κ1) is 45.2. The number of halogens is 2. The van der Waals surface area contributed by atoms with Crippen LogP contribution in [0.5, 0.6) is 0 Å². The van der Waals surface area contributed by atoms with Gasteiger partial charge in [0.25, 0.3) is 0 Å². The Bertz CT molecular complexity index is 1250. The molecule has 14 heteroatoms. The summed E-state index contributed by atoms with van der Waals surface area (Å²) in [6, 6.07) is 11.9. The normalized spacial score (nSPS) is 13.4. The number of likely N-dealkylation sites (N-methyl/N-ethyl adjacent to an activating group) is 1. The van der Waals surface area contributed by atoms with E-state index in [1.807, 2.05) is 0 Å². The van der Waals surface area contributed by atoms with E-state index in [1.54, 1.807) is 49.5 Å². The quantitative estimate of drug-likeness (QED) is 0.0628. The monoisotopic (exact) mass is 743 g/mol. The van der Waals surface area contributed by atoms with Gasteiger partial charge >= 0.3 is 11.9 Å². The minimum Gasteiger partial charge on any atom is -0.474 e. The molecule has 0 saturated carbocycles. The Labute approximate surface area is 305 Å². The van der Waals surface area contributed by atoms with E-state index in [0.717, 1.165) is 18.4 Å². The Hall–Kier alpha value is -2.81. The molecule has 50 heavy (non-hydrogen) atoms. The molecule has 2 rings (SSSR count). The van der Waals surface area contributed by atoms with Crippen LogP contribution >= 0.6 is 23.2 Å². The van der Waals surface area contributed by atoms with Crippen molar-refractivity contribution in [3.05, 3.63) is 63.6 Å². The first-order valence-electron chi connectivity index (χ1n) is 17.2. The van der Waals surface area contributed by atoms with Crippen molar-refractivity contribution in [3.63, 3.8) is 0 Å². The van der Waals surface area contributed by atoms with Crippen LogP contribution < -0.4 is 10.6 Å². The average Bonchev–Trinajstić information content (AvgIpc) is 3.08. The minimum absolute atomic E-state index is 0.0205. The summed E-state index contributed by atoms with van der Waals surface area (Å²) in [7, 11) is 1.57. The third-order valence-corrected chi connectivity index (χ3v) is 8.31. The van der Waals surface area contributed by atoms with E-state index in [1.165, 1.54) is 56.3 Å². The fraction of sp³-hybridized carbons (Fsp3) is 0.583. The lowest BCUT2D eigenvalue weighted by Gasteiger charge is -2.25. The van der Waals surface area contributed by atoms with Crippen LogP contribution in [0.25, 0.3) is 0 Å². The second-order valence-electron chi connectivity index (χ2n) is 12.3. The molecular weight excluding hydrogens is 689 g/mol. The number of nitrogens with zero attached hydrogens (tertiary/aromatic N) is 1. The first-order chi connectivity index (χ1) is 23.8. The van der Waals surface area contributed by atoms with Gasteiger partial charge in [-0.1, -0.05) is 100 Å². The molecule has 0 bridgehead atoms. The summed E-state index contributed by atoms with van der Waals surface area (Å²) < 4.78 is 0. The van der Waals surface area contributed by atoms with E-state index >= 15 is 0 Å². The number of carbonyl (C=O) groups is 3. The Kier molecular flexibility index (Phi) is 23.5. The predicted octanol–water partition coefficient (Wildman–Crippen LogP) is 4.50. The van der Waals surface area contributed by atoms with Gasteiger partial charge in [0.2, 0.25) is 5.91 Å². The molecule has 0 radical (unpaired) electrons. The maximum Gasteiger partial charge on any atom is 0.394 e. The number of rotatable bonds is 22. The van der Waals surface area contributed by atoms with Crippen LogP contribution in [0.1, 0.15) is 88.7 Å². The topological polar surface area (TPSA) is 200 Å². The molecule has 0 spiro atoms. The van der Waals surface area contributed by atoms with Crippen molar-refractivity contribution in [2.75, 3.05) is 25.5 Å². The number of aliphatic hydroxyl groups is 5. The molecule has 0 aromatic heterocycles. The first-order valence-corrected chi connectivity index (χ1v) is 17.9. The molecule has 4 atom stereocenters. The Morgan fingerprint density at radius 1 is 0.740 bits per heavy atom. The average molecular weight is 745 g/mol. The van der Waals surface area contributed by atoms with Crippen molar-refractivity contribution in [2.45, 2.75) is 115 Å². The highest BCUT2D eigenvalue weighted by molar-refractivity contribution is 6.34. The van der Waals surface area contributed by atoms with Gasteiger partial charge in [-0.2, -0.15) is 0 Å². The van der Waals surface area contributed by atoms with Gasteiger partial charge in [-0.25, -0.2) is 4.79 Å². The maximum atomic E-state index is 12.3. The lowest BCUT2D eigenvalue weighted by molar-refractivity contribution is -0.156. The minimum atomic E-state index is -1.55. The number of anilines is 1. The Morgan fingerprint density at radius 2 is 1.24 bits per heavy atom. The van der Waals surface area contributed by atoms with Crippen LogP contribution in [0.3, 0.4) is 0 Å². The molecule has 0 aliphatic carbocycles. The number of nitrogens with one attached hydrogen (secondary N) is 2. The number of amides is 2. The van der Waals surface area contributed by atoms with Gasteiger partial charge in [0.15, 0.2) is 0 Å². The van der Waals surface area contributed by atoms with Gasteiger partial charge in [-0.15, -0.1) is 0 Å². The summed E-state index contributed by atoms with van der Waals surface area (Å²) in [6.45, 7) is 1.79. The summed E-state index contributed by atoms with van der Waals surface area (Å²) in [5.74, 6) is -2.58. The summed E-state index contributed by atoms with van der Waals surface area (Å²) >= 11 is 12.1. The van der Waals surface area contributed by atoms with E-state index in [4.69, 9.17) is 43.6 Å². The lowest BCUT2D eigenvalue weighted by atomic mass is 10.0. The van der Waals surface area contributed by atoms with Crippen molar-refractivity contribution < 1.29 is 45.0 Å². The zero-order valence-corrected chi connectivity index (χ0v) is 30.6. The van der Waals surface area contributed by atoms with Crippen molar-refractivity contribution in [1.82, 2.24) is 10.2 Å². The summed E-state index contributed by atoms with van der Waals surface area (Å²) in [5.41, 5.74) is 2.02. The highest BCUT2D eigenvalue weighted by atomic mass is 35.5. The van der Waals surface area contributed by atoms with Crippen LogP contribution in [-0.4, -0.2) is 97.9 Å². The van der Waals surface area contributed by atoms with E-state index in [0.29, 0.717) is 27.7 Å². The zero-order valence-electron chi connectivity index (χ0n) is 29.1. The van der Waals surface area contributed by atoms with E-state index in [-0.39, 0.29) is 25.5 Å². The molecule has 0 fully saturated rings. The largest absolute Gasteiger partial charge is 0.474 e. The third kappa shape index (κ3) is 19.0. The van der Waals surface area contributed by atoms with Gasteiger partial charge in [-0.05, 0) is 54.9 Å². The Morgan fingerprint density at radius 3 is 1.74 bits per heavy atom. The third-order valence-electron chi connectivity index (χ3n) is 7.87. The second-order valence-corrected chi connectivity index (χ2v) is 13.2. The molecule has 0 heterocycles. The second kappa shape index (κ2) is 26.0. The molecule has 0 saturated heterocycles. The van der Waals surface area contributed by atoms with Gasteiger partial charge in [0, 0.05) is 41.8 Å². The molecule has 2 amide bonds. The summed E-state index contributed by atoms with van der Waals surface area (Å²) in [5, 5.41) is 60.4. The number of benzene rings is 2. The number of aliphatic hydroxyl groups excluding tert-OH is 5. The maximum absolute atomic E-state index is 12.3. The van der Waals surface area contributed by atoms with Crippen molar-refractivity contribution in [3.8, 4) is 0 Å². The smallest absolute Gasteiger partial charge is 0.394 e. The highest BCUT2D eigenvalue weighted by Crippen LogP contribution is 2.22. The zero-order chi connectivity index (χ0) is 37.5. The van der Waals surface area contributed by atoms with Gasteiger partial charge in [0.1, 0.15) is 18.3 Å². The fourth-order valence-corrected chi connectivity index (χ4v) is 5.63. The molecule has 2 aromatic carbocycles. The number of carboxylic acid groups (broad SMARTS) is 1. The summed E-state index contributed by atoms with van der Waals surface area (Å²) in [4.78, 5) is 37.1. The number of carbonyl (C=O) groups excluding carboxylic acids is 2. The van der Waals surface area contributed by atoms with E-state index < -0.39 is 42.9 Å². The van der Waals surface area contributed by atoms with Crippen molar-refractivity contribution >= 4 is 46.7 Å². The molecular formula is C36H55Cl2N3O9. The number of hydrogen-bond acceptors (Lipinski definition) is 9. The highest BCUT2D eigenvalue weighted by Gasteiger charge is 2.29. The van der Waals surface area contributed by atoms with Crippen LogP contribution in [0.2, 0.25) is 10.0 Å². The number of carboxylic acids is 1. The van der Waals surface area contributed by atoms with Crippen LogP contribution in [0, 0.1) is 0 Å². The SMILES string of the molecule is CCCCCCCCCCCCC(=O)Nc1ccc(CN(Cc2cc(Cl)cc(Cl)c2)C(=O)C(=O)O)cc1.CNC[C@H](O)[C@@H](O)[C@H](O)[C@H](O)CO. The van der Waals surface area contributed by atoms with E-state index in [2.05, 4.69) is 17.6 Å². The molecule has 0 unspecified atom stereocenters. The Balaban J connectivity index is 0.000000812. The van der Waals surface area contributed by atoms with Gasteiger partial charge < -0.3 is 46.2 Å². The molecule has 282 valence electrons. The van der Waals surface area contributed by atoms with Crippen LogP contribution in [0.4, 0.5) is 5.69 Å². The molecule has 0 aliphatic rings. The van der Waals surface area contributed by atoms with Crippen LogP contribution in [0.15, 0.2) is 42.5 Å². The van der Waals surface area contributed by atoms with Gasteiger partial charge in [0.05, 0.1) is 12.7 Å². The fourth-order valence-electron chi connectivity index (χ4n) is 5.06. The van der Waals surface area contributed by atoms with Crippen molar-refractivity contribution in [2.24, 2.45) is 0 Å². The predicted molar refractivity (Wildman–Crippen MR) is 195 cm³/mol. The number of hydrogen-bond donors (Lipinski definition) is 8.